The number of aromatic hydroxyl groups is 1. The monoisotopic (exact) mass is 415 g/mol. The van der Waals surface area contributed by atoms with Crippen LogP contribution in [0.4, 0.5) is 5.69 Å². The number of likely N-dealkylation sites (tertiary alicyclic amines) is 1. The minimum Gasteiger partial charge on any atom is -0.343 e. The SMILES string of the molecule is CC(=O)Nc1cc([As](=O)(O)O)ccc1O.CCC(=O)N1CC[CH]CC1. The summed E-state index contributed by atoms with van der Waals surface area (Å²) in [6.45, 7) is 5.02. The molecule has 0 aliphatic carbocycles. The number of hydrogen-bond donors (Lipinski definition) is 4. The molecule has 1 aromatic rings. The van der Waals surface area contributed by atoms with Gasteiger partial charge in [-0.05, 0) is 19.3 Å². The third-order valence-electron chi connectivity index (χ3n) is 3.49. The van der Waals surface area contributed by atoms with Gasteiger partial charge in [-0.3, -0.25) is 4.79 Å². The molecular weight excluding hydrogens is 391 g/mol. The maximum Gasteiger partial charge on any atom is 0.222 e. The van der Waals surface area contributed by atoms with E-state index in [9.17, 15) is 18.4 Å². The molecule has 0 bridgehead atoms. The molecule has 1 aromatic carbocycles. The van der Waals surface area contributed by atoms with Crippen LogP contribution in [0.2, 0.25) is 0 Å². The number of phenolic OH excluding ortho intramolecular Hbond substituents is 1. The van der Waals surface area contributed by atoms with Gasteiger partial charge in [-0.1, -0.05) is 6.92 Å². The van der Waals surface area contributed by atoms with Crippen molar-refractivity contribution in [1.29, 1.82) is 0 Å². The molecule has 8 nitrogen and oxygen atoms in total. The van der Waals surface area contributed by atoms with Gasteiger partial charge >= 0.3 is 88.1 Å². The molecule has 2 rings (SSSR count). The molecule has 1 radical (unpaired) electrons. The molecule has 1 aliphatic heterocycles. The molecule has 1 fully saturated rings. The standard InChI is InChI=1S/C8H10AsNO5.C8H14NO/c1-5(11)10-7-4-6(9(13,14)15)2-3-8(7)12;1-2-8(10)9-6-4-3-5-7-9/h2-4,12H,1H3,(H,10,11)(H2,13,14,15);3H,2,4-7H2,1H3. The second-order valence-electron chi connectivity index (χ2n) is 5.53. The number of amides is 2. The number of nitrogens with zero attached hydrogens (tertiary/aromatic N) is 1. The van der Waals surface area contributed by atoms with Crippen LogP contribution in [0, 0.1) is 6.42 Å². The van der Waals surface area contributed by atoms with Crippen molar-refractivity contribution in [1.82, 2.24) is 4.90 Å². The fourth-order valence-corrected chi connectivity index (χ4v) is 3.41. The van der Waals surface area contributed by atoms with Crippen molar-refractivity contribution in [2.45, 2.75) is 33.1 Å². The van der Waals surface area contributed by atoms with E-state index in [4.69, 9.17) is 8.19 Å². The maximum atomic E-state index is 11.1. The first-order valence-corrected chi connectivity index (χ1v) is 11.3. The van der Waals surface area contributed by atoms with Gasteiger partial charge in [0.2, 0.25) is 5.91 Å². The average molecular weight is 415 g/mol. The molecule has 9 heteroatoms. The summed E-state index contributed by atoms with van der Waals surface area (Å²) in [5, 5.41) is 11.6. The Morgan fingerprint density at radius 2 is 1.84 bits per heavy atom. The van der Waals surface area contributed by atoms with E-state index >= 15 is 0 Å². The first-order chi connectivity index (χ1) is 11.6. The van der Waals surface area contributed by atoms with Crippen molar-refractivity contribution >= 4 is 36.0 Å². The van der Waals surface area contributed by atoms with Gasteiger partial charge in [0.15, 0.2) is 0 Å². The van der Waals surface area contributed by atoms with E-state index in [0.29, 0.717) is 12.3 Å². The van der Waals surface area contributed by atoms with Gasteiger partial charge in [-0.2, -0.15) is 0 Å². The van der Waals surface area contributed by atoms with E-state index in [1.807, 2.05) is 11.8 Å². The van der Waals surface area contributed by atoms with Crippen molar-refractivity contribution in [3.63, 3.8) is 0 Å². The van der Waals surface area contributed by atoms with Crippen LogP contribution >= 0.6 is 0 Å². The van der Waals surface area contributed by atoms with E-state index in [0.717, 1.165) is 44.1 Å². The number of benzene rings is 1. The number of nitrogens with one attached hydrogen (secondary N) is 1. The Kier molecular flexibility index (Phi) is 8.22. The minimum atomic E-state index is -4.98. The second-order valence-corrected chi connectivity index (χ2v) is 8.89. The van der Waals surface area contributed by atoms with Gasteiger partial charge in [0.25, 0.3) is 0 Å². The van der Waals surface area contributed by atoms with Crippen LogP contribution in [0.15, 0.2) is 18.2 Å². The average Bonchev–Trinajstić information content (AvgIpc) is 2.56. The number of phenols is 1. The first kappa shape index (κ1) is 21.3. The second kappa shape index (κ2) is 9.65. The summed E-state index contributed by atoms with van der Waals surface area (Å²) in [7, 11) is 0. The van der Waals surface area contributed by atoms with Crippen LogP contribution in [-0.4, -0.2) is 57.3 Å². The molecule has 4 N–H and O–H groups in total. The first-order valence-electron chi connectivity index (χ1n) is 7.91. The van der Waals surface area contributed by atoms with E-state index in [1.54, 1.807) is 0 Å². The largest absolute Gasteiger partial charge is 0.343 e. The maximum absolute atomic E-state index is 11.1. The zero-order valence-corrected chi connectivity index (χ0v) is 16.2. The van der Waals surface area contributed by atoms with Gasteiger partial charge in [0.05, 0.1) is 0 Å². The number of rotatable bonds is 3. The van der Waals surface area contributed by atoms with Gasteiger partial charge in [-0.25, -0.2) is 0 Å². The number of hydrogen-bond acceptors (Lipinski definition) is 4. The molecule has 0 aromatic heterocycles. The third kappa shape index (κ3) is 7.34. The molecule has 0 atom stereocenters. The molecule has 25 heavy (non-hydrogen) atoms. The molecule has 1 heterocycles. The number of piperidine rings is 1. The summed E-state index contributed by atoms with van der Waals surface area (Å²) in [6.07, 6.45) is 5.05. The fraction of sp³-hybridized carbons (Fsp3) is 0.438. The summed E-state index contributed by atoms with van der Waals surface area (Å²) in [4.78, 5) is 23.7. The normalized spacial score (nSPS) is 14.3. The third-order valence-corrected chi connectivity index (χ3v) is 5.48. The Balaban J connectivity index is 0.000000271. The van der Waals surface area contributed by atoms with Crippen molar-refractivity contribution in [3.05, 3.63) is 24.6 Å². The van der Waals surface area contributed by atoms with E-state index in [2.05, 4.69) is 11.7 Å². The van der Waals surface area contributed by atoms with Crippen LogP contribution in [0.3, 0.4) is 0 Å². The van der Waals surface area contributed by atoms with E-state index < -0.39 is 20.1 Å². The van der Waals surface area contributed by atoms with Gasteiger partial charge in [0.1, 0.15) is 0 Å². The van der Waals surface area contributed by atoms with Crippen molar-refractivity contribution in [2.75, 3.05) is 18.4 Å². The minimum absolute atomic E-state index is 0.00951. The van der Waals surface area contributed by atoms with Crippen molar-refractivity contribution in [2.24, 2.45) is 0 Å². The predicted molar refractivity (Wildman–Crippen MR) is 93.3 cm³/mol. The Bertz CT molecular complexity index is 652. The zero-order valence-electron chi connectivity index (χ0n) is 14.3. The summed E-state index contributed by atoms with van der Waals surface area (Å²) < 4.78 is 28.6. The topological polar surface area (TPSA) is 127 Å². The van der Waals surface area contributed by atoms with Crippen LogP contribution in [0.25, 0.3) is 0 Å². The Morgan fingerprint density at radius 1 is 1.24 bits per heavy atom. The molecular formula is C16H24AsN2O6. The summed E-state index contributed by atoms with van der Waals surface area (Å²) >= 11 is -4.98. The van der Waals surface area contributed by atoms with Crippen molar-refractivity contribution in [3.8, 4) is 5.75 Å². The molecule has 0 spiro atoms. The Hall–Kier alpha value is -1.76. The van der Waals surface area contributed by atoms with Gasteiger partial charge in [0, 0.05) is 19.5 Å². The van der Waals surface area contributed by atoms with E-state index in [-0.39, 0.29) is 15.8 Å². The molecule has 1 saturated heterocycles. The zero-order chi connectivity index (χ0) is 19.0. The molecule has 2 amide bonds. The number of anilines is 1. The van der Waals surface area contributed by atoms with Crippen LogP contribution in [-0.2, 0) is 13.3 Å². The van der Waals surface area contributed by atoms with E-state index in [1.165, 1.54) is 6.92 Å². The summed E-state index contributed by atoms with van der Waals surface area (Å²) in [5.41, 5.74) is -0.00951. The van der Waals surface area contributed by atoms with Gasteiger partial charge < -0.3 is 4.90 Å². The number of carbonyl (C=O) groups excluding carboxylic acids is 2. The molecule has 0 saturated carbocycles. The quantitative estimate of drug-likeness (QED) is 0.411. The molecule has 139 valence electrons. The Morgan fingerprint density at radius 3 is 2.32 bits per heavy atom. The predicted octanol–water partition coefficient (Wildman–Crippen LogP) is 0.135. The van der Waals surface area contributed by atoms with Crippen molar-refractivity contribution < 1.29 is 26.6 Å². The van der Waals surface area contributed by atoms with Gasteiger partial charge in [-0.15, -0.1) is 0 Å². The number of carbonyl (C=O) groups is 2. The molecule has 0 unspecified atom stereocenters. The molecule has 1 aliphatic rings. The van der Waals surface area contributed by atoms with Crippen LogP contribution in [0.5, 0.6) is 5.75 Å². The summed E-state index contributed by atoms with van der Waals surface area (Å²) in [5.74, 6) is -0.369. The van der Waals surface area contributed by atoms with Crippen LogP contribution < -0.4 is 9.67 Å². The Labute approximate surface area is 149 Å². The fourth-order valence-electron chi connectivity index (χ4n) is 2.22. The smallest absolute Gasteiger partial charge is 0.222 e. The van der Waals surface area contributed by atoms with Crippen LogP contribution in [0.1, 0.15) is 33.1 Å². The summed E-state index contributed by atoms with van der Waals surface area (Å²) in [6, 6.07) is 3.32.